The van der Waals surface area contributed by atoms with Gasteiger partial charge in [0.15, 0.2) is 0 Å². The number of hydrogen-bond donors (Lipinski definition) is 7. The van der Waals surface area contributed by atoms with Crippen LogP contribution in [0.15, 0.2) is 24.3 Å². The average molecular weight is 383 g/mol. The maximum atomic E-state index is 12.4. The first-order valence-corrected chi connectivity index (χ1v) is 8.26. The van der Waals surface area contributed by atoms with Gasteiger partial charge in [-0.05, 0) is 31.5 Å². The Hall–Kier alpha value is -2.69. The van der Waals surface area contributed by atoms with Crippen molar-refractivity contribution < 1.29 is 34.8 Å². The monoisotopic (exact) mass is 383 g/mol. The second-order valence-corrected chi connectivity index (χ2v) is 6.26. The number of aliphatic hydroxyl groups excluding tert-OH is 2. The number of amides is 2. The second-order valence-electron chi connectivity index (χ2n) is 6.26. The molecule has 150 valence electrons. The number of carboxylic acids is 1. The highest BCUT2D eigenvalue weighted by Gasteiger charge is 2.31. The molecule has 5 atom stereocenters. The van der Waals surface area contributed by atoms with E-state index in [9.17, 15) is 34.8 Å². The summed E-state index contributed by atoms with van der Waals surface area (Å²) in [6.07, 6.45) is -2.59. The molecule has 1 aromatic carbocycles. The largest absolute Gasteiger partial charge is 0.508 e. The molecule has 0 saturated carbocycles. The summed E-state index contributed by atoms with van der Waals surface area (Å²) in [5.41, 5.74) is 6.03. The van der Waals surface area contributed by atoms with Crippen molar-refractivity contribution in [3.05, 3.63) is 29.8 Å². The van der Waals surface area contributed by atoms with E-state index in [2.05, 4.69) is 10.6 Å². The summed E-state index contributed by atoms with van der Waals surface area (Å²) in [6.45, 7) is 2.54. The molecule has 0 aromatic heterocycles. The molecule has 10 heteroatoms. The topological polar surface area (TPSA) is 182 Å². The van der Waals surface area contributed by atoms with Gasteiger partial charge in [-0.15, -0.1) is 0 Å². The van der Waals surface area contributed by atoms with E-state index in [1.54, 1.807) is 0 Å². The van der Waals surface area contributed by atoms with Crippen molar-refractivity contribution in [2.45, 2.75) is 50.6 Å². The van der Waals surface area contributed by atoms with Crippen LogP contribution >= 0.6 is 0 Å². The number of phenolic OH excluding ortho intramolecular Hbond substituents is 1. The number of nitrogens with two attached hydrogens (primary N) is 1. The van der Waals surface area contributed by atoms with E-state index in [1.165, 1.54) is 38.1 Å². The van der Waals surface area contributed by atoms with Gasteiger partial charge in [0, 0.05) is 6.42 Å². The number of carboxylic acid groups (broad SMARTS) is 1. The minimum atomic E-state index is -1.45. The lowest BCUT2D eigenvalue weighted by Crippen LogP contribution is -2.59. The van der Waals surface area contributed by atoms with E-state index < -0.39 is 48.1 Å². The number of aromatic hydroxyl groups is 1. The molecule has 0 bridgehead atoms. The highest BCUT2D eigenvalue weighted by atomic mass is 16.4. The molecule has 0 heterocycles. The molecule has 0 fully saturated rings. The molecule has 0 saturated heterocycles. The third-order valence-corrected chi connectivity index (χ3v) is 3.88. The number of hydrogen-bond acceptors (Lipinski definition) is 7. The van der Waals surface area contributed by atoms with Crippen molar-refractivity contribution in [2.24, 2.45) is 5.73 Å². The summed E-state index contributed by atoms with van der Waals surface area (Å²) in [7, 11) is 0. The number of nitrogens with one attached hydrogen (secondary N) is 2. The predicted molar refractivity (Wildman–Crippen MR) is 94.6 cm³/mol. The van der Waals surface area contributed by atoms with Gasteiger partial charge in [0.2, 0.25) is 11.8 Å². The van der Waals surface area contributed by atoms with Gasteiger partial charge in [0.25, 0.3) is 0 Å². The standard InChI is InChI=1S/C17H25N3O7/c1-8(21)13(18)15(24)20-14(9(2)22)16(25)19-12(17(26)27)7-10-3-5-11(23)6-4-10/h3-6,8-9,12-14,21-23H,7,18H2,1-2H3,(H,19,25)(H,20,24)(H,26,27). The van der Waals surface area contributed by atoms with Gasteiger partial charge in [0.1, 0.15) is 23.9 Å². The number of phenols is 1. The van der Waals surface area contributed by atoms with Crippen molar-refractivity contribution in [1.29, 1.82) is 0 Å². The lowest BCUT2D eigenvalue weighted by Gasteiger charge is -2.25. The third kappa shape index (κ3) is 6.85. The molecule has 0 aliphatic heterocycles. The van der Waals surface area contributed by atoms with E-state index in [-0.39, 0.29) is 12.2 Å². The zero-order valence-corrected chi connectivity index (χ0v) is 15.0. The van der Waals surface area contributed by atoms with E-state index in [4.69, 9.17) is 5.73 Å². The van der Waals surface area contributed by atoms with Crippen LogP contribution in [0.2, 0.25) is 0 Å². The summed E-state index contributed by atoms with van der Waals surface area (Å²) in [5.74, 6) is -3.08. The first-order valence-electron chi connectivity index (χ1n) is 8.26. The molecular formula is C17H25N3O7. The van der Waals surface area contributed by atoms with Gasteiger partial charge < -0.3 is 36.8 Å². The van der Waals surface area contributed by atoms with Gasteiger partial charge in [-0.3, -0.25) is 9.59 Å². The predicted octanol–water partition coefficient (Wildman–Crippen LogP) is -1.92. The van der Waals surface area contributed by atoms with Crippen LogP contribution in [0.3, 0.4) is 0 Å². The molecule has 8 N–H and O–H groups in total. The average Bonchev–Trinajstić information content (AvgIpc) is 2.59. The first-order chi connectivity index (χ1) is 12.5. The maximum Gasteiger partial charge on any atom is 0.326 e. The van der Waals surface area contributed by atoms with Gasteiger partial charge >= 0.3 is 5.97 Å². The summed E-state index contributed by atoms with van der Waals surface area (Å²) in [5, 5.41) is 42.2. The van der Waals surface area contributed by atoms with Crippen LogP contribution in [-0.4, -0.2) is 68.5 Å². The number of benzene rings is 1. The van der Waals surface area contributed by atoms with Crippen molar-refractivity contribution in [3.63, 3.8) is 0 Å². The van der Waals surface area contributed by atoms with E-state index in [1.807, 2.05) is 0 Å². The van der Waals surface area contributed by atoms with E-state index in [0.29, 0.717) is 5.56 Å². The lowest BCUT2D eigenvalue weighted by atomic mass is 10.0. The molecule has 1 rings (SSSR count). The molecule has 2 amide bonds. The molecule has 0 spiro atoms. The lowest BCUT2D eigenvalue weighted by molar-refractivity contribution is -0.143. The van der Waals surface area contributed by atoms with E-state index >= 15 is 0 Å². The van der Waals surface area contributed by atoms with Crippen LogP contribution in [0.4, 0.5) is 0 Å². The van der Waals surface area contributed by atoms with Crippen LogP contribution in [0.25, 0.3) is 0 Å². The normalized spacial score (nSPS) is 16.5. The maximum absolute atomic E-state index is 12.4. The molecule has 5 unspecified atom stereocenters. The number of aliphatic hydroxyl groups is 2. The SMILES string of the molecule is CC(O)C(N)C(=O)NC(C(=O)NC(Cc1ccc(O)cc1)C(=O)O)C(C)O. The fourth-order valence-corrected chi connectivity index (χ4v) is 2.20. The minimum Gasteiger partial charge on any atom is -0.508 e. The minimum absolute atomic E-state index is 0.0148. The Morgan fingerprint density at radius 2 is 1.56 bits per heavy atom. The Morgan fingerprint density at radius 1 is 1.00 bits per heavy atom. The van der Waals surface area contributed by atoms with Crippen LogP contribution in [0, 0.1) is 0 Å². The van der Waals surface area contributed by atoms with Crippen molar-refractivity contribution in [1.82, 2.24) is 10.6 Å². The number of carbonyl (C=O) groups is 3. The Labute approximate surface area is 156 Å². The highest BCUT2D eigenvalue weighted by Crippen LogP contribution is 2.11. The molecule has 10 nitrogen and oxygen atoms in total. The number of rotatable bonds is 9. The van der Waals surface area contributed by atoms with Crippen molar-refractivity contribution in [2.75, 3.05) is 0 Å². The highest BCUT2D eigenvalue weighted by molar-refractivity contribution is 5.92. The number of carbonyl (C=O) groups excluding carboxylic acids is 2. The molecule has 1 aromatic rings. The van der Waals surface area contributed by atoms with Gasteiger partial charge in [-0.2, -0.15) is 0 Å². The Bertz CT molecular complexity index is 661. The summed E-state index contributed by atoms with van der Waals surface area (Å²) < 4.78 is 0. The Morgan fingerprint density at radius 3 is 2.00 bits per heavy atom. The van der Waals surface area contributed by atoms with Crippen LogP contribution in [0.1, 0.15) is 19.4 Å². The first kappa shape index (κ1) is 22.4. The smallest absolute Gasteiger partial charge is 0.326 e. The van der Waals surface area contributed by atoms with Crippen molar-refractivity contribution in [3.8, 4) is 5.75 Å². The van der Waals surface area contributed by atoms with Crippen LogP contribution < -0.4 is 16.4 Å². The molecule has 0 aliphatic carbocycles. The van der Waals surface area contributed by atoms with Crippen LogP contribution in [-0.2, 0) is 20.8 Å². The fourth-order valence-electron chi connectivity index (χ4n) is 2.20. The van der Waals surface area contributed by atoms with Crippen LogP contribution in [0.5, 0.6) is 5.75 Å². The quantitative estimate of drug-likeness (QED) is 0.257. The number of aliphatic carboxylic acids is 1. The Kier molecular flexibility index (Phi) is 8.16. The fraction of sp³-hybridized carbons (Fsp3) is 0.471. The van der Waals surface area contributed by atoms with Gasteiger partial charge in [-0.1, -0.05) is 12.1 Å². The van der Waals surface area contributed by atoms with E-state index in [0.717, 1.165) is 0 Å². The third-order valence-electron chi connectivity index (χ3n) is 3.88. The summed E-state index contributed by atoms with van der Waals surface area (Å²) in [4.78, 5) is 35.7. The molecular weight excluding hydrogens is 358 g/mol. The summed E-state index contributed by atoms with van der Waals surface area (Å²) in [6, 6.07) is 1.68. The molecule has 0 aliphatic rings. The van der Waals surface area contributed by atoms with Gasteiger partial charge in [0.05, 0.1) is 12.2 Å². The van der Waals surface area contributed by atoms with Crippen molar-refractivity contribution >= 4 is 17.8 Å². The van der Waals surface area contributed by atoms with Gasteiger partial charge in [-0.25, -0.2) is 4.79 Å². The molecule has 0 radical (unpaired) electrons. The zero-order chi connectivity index (χ0) is 20.7. The Balaban J connectivity index is 2.85. The summed E-state index contributed by atoms with van der Waals surface area (Å²) >= 11 is 0. The molecule has 27 heavy (non-hydrogen) atoms. The zero-order valence-electron chi connectivity index (χ0n) is 15.0. The second kappa shape index (κ2) is 9.86.